The molecule has 1 aliphatic heterocycles. The highest BCUT2D eigenvalue weighted by atomic mass is 16.2. The fourth-order valence-electron chi connectivity index (χ4n) is 3.26. The number of carbonyl (C=O) groups excluding carboxylic acids is 2. The lowest BCUT2D eigenvalue weighted by molar-refractivity contribution is -0.116. The van der Waals surface area contributed by atoms with E-state index in [-0.39, 0.29) is 11.8 Å². The first kappa shape index (κ1) is 18.2. The number of nitrogens with one attached hydrogen (secondary N) is 1. The Morgan fingerprint density at radius 1 is 1.00 bits per heavy atom. The Morgan fingerprint density at radius 2 is 1.69 bits per heavy atom. The highest BCUT2D eigenvalue weighted by molar-refractivity contribution is 5.97. The molecule has 0 saturated carbocycles. The summed E-state index contributed by atoms with van der Waals surface area (Å²) in [6.45, 7) is 3.78. The van der Waals surface area contributed by atoms with E-state index in [2.05, 4.69) is 36.5 Å². The Balaban J connectivity index is 1.55. The normalized spacial score (nSPS) is 13.7. The molecule has 0 bridgehead atoms. The monoisotopic (exact) mass is 350 g/mol. The van der Waals surface area contributed by atoms with Crippen LogP contribution in [0.1, 0.15) is 47.7 Å². The highest BCUT2D eigenvalue weighted by Crippen LogP contribution is 2.17. The van der Waals surface area contributed by atoms with E-state index in [1.165, 1.54) is 5.56 Å². The summed E-state index contributed by atoms with van der Waals surface area (Å²) in [5, 5.41) is 2.91. The summed E-state index contributed by atoms with van der Waals surface area (Å²) in [7, 11) is 0. The molecule has 4 nitrogen and oxygen atoms in total. The van der Waals surface area contributed by atoms with Crippen molar-refractivity contribution in [2.75, 3.05) is 18.4 Å². The summed E-state index contributed by atoms with van der Waals surface area (Å²) in [6.07, 6.45) is 4.30. The van der Waals surface area contributed by atoms with Crippen LogP contribution >= 0.6 is 0 Å². The molecule has 4 heteroatoms. The maximum atomic E-state index is 12.5. The van der Waals surface area contributed by atoms with Crippen LogP contribution in [0.5, 0.6) is 0 Å². The van der Waals surface area contributed by atoms with Gasteiger partial charge < -0.3 is 10.2 Å². The van der Waals surface area contributed by atoms with Gasteiger partial charge in [-0.25, -0.2) is 0 Å². The van der Waals surface area contributed by atoms with Crippen molar-refractivity contribution in [3.05, 3.63) is 65.2 Å². The number of amides is 2. The summed E-state index contributed by atoms with van der Waals surface area (Å²) in [5.74, 6) is 0.0185. The van der Waals surface area contributed by atoms with Gasteiger partial charge in [0.05, 0.1) is 0 Å². The van der Waals surface area contributed by atoms with E-state index in [0.29, 0.717) is 24.1 Å². The first-order chi connectivity index (χ1) is 12.7. The zero-order valence-electron chi connectivity index (χ0n) is 15.3. The fourth-order valence-corrected chi connectivity index (χ4v) is 3.26. The summed E-state index contributed by atoms with van der Waals surface area (Å²) >= 11 is 0. The number of nitrogens with zero attached hydrogens (tertiary/aromatic N) is 1. The van der Waals surface area contributed by atoms with Crippen LogP contribution in [0.4, 0.5) is 5.69 Å². The number of hydrogen-bond donors (Lipinski definition) is 1. The number of rotatable bonds is 6. The molecule has 1 fully saturated rings. The smallest absolute Gasteiger partial charge is 0.253 e. The first-order valence-corrected chi connectivity index (χ1v) is 9.42. The lowest BCUT2D eigenvalue weighted by atomic mass is 10.1. The quantitative estimate of drug-likeness (QED) is 0.854. The molecular weight excluding hydrogens is 324 g/mol. The Labute approximate surface area is 155 Å². The van der Waals surface area contributed by atoms with Gasteiger partial charge in [0.25, 0.3) is 5.91 Å². The van der Waals surface area contributed by atoms with Gasteiger partial charge in [0.15, 0.2) is 0 Å². The van der Waals surface area contributed by atoms with Gasteiger partial charge in [-0.1, -0.05) is 37.3 Å². The van der Waals surface area contributed by atoms with Crippen molar-refractivity contribution in [1.82, 2.24) is 4.90 Å². The zero-order chi connectivity index (χ0) is 18.4. The molecule has 0 atom stereocenters. The summed E-state index contributed by atoms with van der Waals surface area (Å²) in [6, 6.07) is 15.6. The van der Waals surface area contributed by atoms with Crippen LogP contribution in [0.3, 0.4) is 0 Å². The van der Waals surface area contributed by atoms with Crippen molar-refractivity contribution in [3.63, 3.8) is 0 Å². The van der Waals surface area contributed by atoms with Crippen molar-refractivity contribution < 1.29 is 9.59 Å². The molecule has 136 valence electrons. The Morgan fingerprint density at radius 3 is 2.38 bits per heavy atom. The van der Waals surface area contributed by atoms with Crippen molar-refractivity contribution in [2.45, 2.75) is 39.0 Å². The Bertz CT molecular complexity index is 762. The SMILES string of the molecule is CCc1ccc(CCC(=O)Nc2cccc(C(=O)N3CCCC3)c2)cc1. The summed E-state index contributed by atoms with van der Waals surface area (Å²) in [5.41, 5.74) is 3.79. The molecule has 0 aromatic heterocycles. The number of carbonyl (C=O) groups is 2. The maximum Gasteiger partial charge on any atom is 0.253 e. The largest absolute Gasteiger partial charge is 0.339 e. The molecule has 1 heterocycles. The topological polar surface area (TPSA) is 49.4 Å². The number of hydrogen-bond acceptors (Lipinski definition) is 2. The van der Waals surface area contributed by atoms with Crippen molar-refractivity contribution in [2.24, 2.45) is 0 Å². The Kier molecular flexibility index (Phi) is 6.05. The second-order valence-electron chi connectivity index (χ2n) is 6.80. The van der Waals surface area contributed by atoms with Gasteiger partial charge in [-0.15, -0.1) is 0 Å². The van der Waals surface area contributed by atoms with Crippen LogP contribution in [0.2, 0.25) is 0 Å². The van der Waals surface area contributed by atoms with Gasteiger partial charge in [-0.3, -0.25) is 9.59 Å². The minimum Gasteiger partial charge on any atom is -0.339 e. The van der Waals surface area contributed by atoms with E-state index in [1.807, 2.05) is 23.1 Å². The van der Waals surface area contributed by atoms with Crippen LogP contribution in [-0.4, -0.2) is 29.8 Å². The second-order valence-corrected chi connectivity index (χ2v) is 6.80. The molecule has 2 aromatic carbocycles. The molecule has 0 unspecified atom stereocenters. The van der Waals surface area contributed by atoms with E-state index in [0.717, 1.165) is 37.9 Å². The van der Waals surface area contributed by atoms with Gasteiger partial charge in [0, 0.05) is 30.8 Å². The number of benzene rings is 2. The molecule has 0 aliphatic carbocycles. The predicted octanol–water partition coefficient (Wildman–Crippen LogP) is 4.06. The number of anilines is 1. The van der Waals surface area contributed by atoms with Crippen molar-refractivity contribution in [1.29, 1.82) is 0 Å². The molecule has 0 radical (unpaired) electrons. The average molecular weight is 350 g/mol. The third kappa shape index (κ3) is 4.72. The van der Waals surface area contributed by atoms with Gasteiger partial charge in [0.2, 0.25) is 5.91 Å². The standard InChI is InChI=1S/C22H26N2O2/c1-2-17-8-10-18(11-9-17)12-13-21(25)23-20-7-5-6-19(16-20)22(26)24-14-3-4-15-24/h5-11,16H,2-4,12-15H2,1H3,(H,23,25). The van der Waals surface area contributed by atoms with E-state index in [9.17, 15) is 9.59 Å². The molecule has 3 rings (SSSR count). The van der Waals surface area contributed by atoms with Gasteiger partial charge in [-0.2, -0.15) is 0 Å². The second kappa shape index (κ2) is 8.65. The van der Waals surface area contributed by atoms with Crippen molar-refractivity contribution >= 4 is 17.5 Å². The molecule has 2 aromatic rings. The fraction of sp³-hybridized carbons (Fsp3) is 0.364. The molecule has 1 N–H and O–H groups in total. The van der Waals surface area contributed by atoms with Crippen LogP contribution in [0, 0.1) is 0 Å². The third-order valence-corrected chi connectivity index (χ3v) is 4.86. The minimum atomic E-state index is -0.0321. The average Bonchev–Trinajstić information content (AvgIpc) is 3.21. The van der Waals surface area contributed by atoms with E-state index in [1.54, 1.807) is 6.07 Å². The van der Waals surface area contributed by atoms with Crippen LogP contribution < -0.4 is 5.32 Å². The molecule has 1 aliphatic rings. The number of likely N-dealkylation sites (tertiary alicyclic amines) is 1. The van der Waals surface area contributed by atoms with Gasteiger partial charge in [-0.05, 0) is 55.0 Å². The van der Waals surface area contributed by atoms with Crippen LogP contribution in [-0.2, 0) is 17.6 Å². The molecule has 26 heavy (non-hydrogen) atoms. The van der Waals surface area contributed by atoms with E-state index >= 15 is 0 Å². The predicted molar refractivity (Wildman–Crippen MR) is 104 cm³/mol. The lowest BCUT2D eigenvalue weighted by Crippen LogP contribution is -2.27. The minimum absolute atomic E-state index is 0.0321. The molecule has 1 saturated heterocycles. The van der Waals surface area contributed by atoms with Crippen LogP contribution in [0.25, 0.3) is 0 Å². The first-order valence-electron chi connectivity index (χ1n) is 9.42. The van der Waals surface area contributed by atoms with Crippen molar-refractivity contribution in [3.8, 4) is 0 Å². The maximum absolute atomic E-state index is 12.5. The highest BCUT2D eigenvalue weighted by Gasteiger charge is 2.19. The molecule has 2 amide bonds. The molecular formula is C22H26N2O2. The van der Waals surface area contributed by atoms with Gasteiger partial charge >= 0.3 is 0 Å². The van der Waals surface area contributed by atoms with Gasteiger partial charge in [0.1, 0.15) is 0 Å². The number of aryl methyl sites for hydroxylation is 2. The molecule has 0 spiro atoms. The van der Waals surface area contributed by atoms with E-state index < -0.39 is 0 Å². The Hall–Kier alpha value is -2.62. The lowest BCUT2D eigenvalue weighted by Gasteiger charge is -2.15. The zero-order valence-corrected chi connectivity index (χ0v) is 15.3. The van der Waals surface area contributed by atoms with E-state index in [4.69, 9.17) is 0 Å². The summed E-state index contributed by atoms with van der Waals surface area (Å²) < 4.78 is 0. The third-order valence-electron chi connectivity index (χ3n) is 4.86. The summed E-state index contributed by atoms with van der Waals surface area (Å²) in [4.78, 5) is 26.6. The van der Waals surface area contributed by atoms with Crippen LogP contribution in [0.15, 0.2) is 48.5 Å².